The molecular formula is C21H22N2O2. The van der Waals surface area contributed by atoms with Gasteiger partial charge in [-0.25, -0.2) is 0 Å². The summed E-state index contributed by atoms with van der Waals surface area (Å²) in [5, 5.41) is 7.07. The minimum absolute atomic E-state index is 0.0258. The summed E-state index contributed by atoms with van der Waals surface area (Å²) < 4.78 is 5.13. The number of benzene rings is 2. The van der Waals surface area contributed by atoms with Crippen LogP contribution in [0, 0.1) is 13.8 Å². The molecule has 0 bridgehead atoms. The summed E-state index contributed by atoms with van der Waals surface area (Å²) in [6.07, 6.45) is 2.64. The van der Waals surface area contributed by atoms with Gasteiger partial charge in [0.1, 0.15) is 12.0 Å². The van der Waals surface area contributed by atoms with Crippen LogP contribution < -0.4 is 5.32 Å². The van der Waals surface area contributed by atoms with Crippen molar-refractivity contribution in [1.82, 2.24) is 10.5 Å². The monoisotopic (exact) mass is 334 g/mol. The molecule has 1 N–H and O–H groups in total. The number of carbonyl (C=O) groups is 1. The fourth-order valence-corrected chi connectivity index (χ4v) is 2.82. The first-order valence-corrected chi connectivity index (χ1v) is 8.44. The summed E-state index contributed by atoms with van der Waals surface area (Å²) in [5.74, 6) is 0.0258. The van der Waals surface area contributed by atoms with Crippen molar-refractivity contribution in [1.29, 1.82) is 0 Å². The molecule has 0 aliphatic carbocycles. The van der Waals surface area contributed by atoms with E-state index in [4.69, 9.17) is 4.52 Å². The van der Waals surface area contributed by atoms with Crippen molar-refractivity contribution >= 4 is 5.91 Å². The molecule has 0 aliphatic rings. The molecule has 0 saturated carbocycles. The van der Waals surface area contributed by atoms with Gasteiger partial charge < -0.3 is 9.84 Å². The number of aryl methyl sites for hydroxylation is 3. The standard InChI is InChI=1S/C21H22N2O2/c1-15-5-3-7-17(11-15)13-22-20(24)10-9-19-14-25-23-21(19)18-8-4-6-16(2)12-18/h3-8,11-12,14H,9-10,13H2,1-2H3,(H,22,24). The Morgan fingerprint density at radius 1 is 1.08 bits per heavy atom. The fraction of sp³-hybridized carbons (Fsp3) is 0.238. The zero-order valence-electron chi connectivity index (χ0n) is 14.6. The molecule has 0 atom stereocenters. The third kappa shape index (κ3) is 4.57. The van der Waals surface area contributed by atoms with Crippen molar-refractivity contribution in [2.75, 3.05) is 0 Å². The lowest BCUT2D eigenvalue weighted by atomic mass is 10.0. The molecule has 0 aliphatic heterocycles. The van der Waals surface area contributed by atoms with E-state index in [1.54, 1.807) is 6.26 Å². The summed E-state index contributed by atoms with van der Waals surface area (Å²) in [4.78, 5) is 12.1. The zero-order chi connectivity index (χ0) is 17.6. The molecule has 0 radical (unpaired) electrons. The van der Waals surface area contributed by atoms with Gasteiger partial charge in [-0.15, -0.1) is 0 Å². The Labute approximate surface area is 147 Å². The summed E-state index contributed by atoms with van der Waals surface area (Å²) in [7, 11) is 0. The molecular weight excluding hydrogens is 312 g/mol. The van der Waals surface area contributed by atoms with Crippen molar-refractivity contribution in [2.45, 2.75) is 33.2 Å². The molecule has 0 fully saturated rings. The van der Waals surface area contributed by atoms with Crippen molar-refractivity contribution in [3.8, 4) is 11.3 Å². The molecule has 1 aromatic heterocycles. The lowest BCUT2D eigenvalue weighted by Gasteiger charge is -2.06. The second-order valence-corrected chi connectivity index (χ2v) is 6.32. The third-order valence-corrected chi connectivity index (χ3v) is 4.13. The van der Waals surface area contributed by atoms with Crippen molar-refractivity contribution in [2.24, 2.45) is 0 Å². The molecule has 1 amide bonds. The van der Waals surface area contributed by atoms with E-state index in [2.05, 4.69) is 22.6 Å². The van der Waals surface area contributed by atoms with E-state index in [9.17, 15) is 4.79 Å². The van der Waals surface area contributed by atoms with E-state index < -0.39 is 0 Å². The lowest BCUT2D eigenvalue weighted by molar-refractivity contribution is -0.121. The second-order valence-electron chi connectivity index (χ2n) is 6.32. The van der Waals surface area contributed by atoms with Crippen LogP contribution in [-0.2, 0) is 17.8 Å². The maximum atomic E-state index is 12.1. The maximum Gasteiger partial charge on any atom is 0.220 e. The van der Waals surface area contributed by atoms with E-state index in [0.717, 1.165) is 22.4 Å². The molecule has 128 valence electrons. The van der Waals surface area contributed by atoms with E-state index in [-0.39, 0.29) is 5.91 Å². The van der Waals surface area contributed by atoms with E-state index in [1.807, 2.05) is 50.2 Å². The molecule has 4 nitrogen and oxygen atoms in total. The summed E-state index contributed by atoms with van der Waals surface area (Å²) in [6, 6.07) is 16.3. The maximum absolute atomic E-state index is 12.1. The molecule has 3 rings (SSSR count). The van der Waals surface area contributed by atoms with Crippen LogP contribution in [-0.4, -0.2) is 11.1 Å². The minimum Gasteiger partial charge on any atom is -0.364 e. The number of hydrogen-bond acceptors (Lipinski definition) is 3. The minimum atomic E-state index is 0.0258. The Bertz CT molecular complexity index is 868. The fourth-order valence-electron chi connectivity index (χ4n) is 2.82. The van der Waals surface area contributed by atoms with E-state index >= 15 is 0 Å². The first-order chi connectivity index (χ1) is 12.1. The molecule has 25 heavy (non-hydrogen) atoms. The normalized spacial score (nSPS) is 10.6. The topological polar surface area (TPSA) is 55.1 Å². The molecule has 0 unspecified atom stereocenters. The zero-order valence-corrected chi connectivity index (χ0v) is 14.6. The first-order valence-electron chi connectivity index (χ1n) is 8.44. The molecule has 3 aromatic rings. The van der Waals surface area contributed by atoms with Crippen LogP contribution in [0.2, 0.25) is 0 Å². The quantitative estimate of drug-likeness (QED) is 0.735. The molecule has 4 heteroatoms. The van der Waals surface area contributed by atoms with E-state index in [1.165, 1.54) is 11.1 Å². The van der Waals surface area contributed by atoms with Crippen molar-refractivity contribution in [3.05, 3.63) is 77.0 Å². The van der Waals surface area contributed by atoms with Crippen LogP contribution in [0.3, 0.4) is 0 Å². The first kappa shape index (κ1) is 17.0. The predicted molar refractivity (Wildman–Crippen MR) is 98.0 cm³/mol. The van der Waals surface area contributed by atoms with Gasteiger partial charge in [0, 0.05) is 24.1 Å². The van der Waals surface area contributed by atoms with Gasteiger partial charge in [0.05, 0.1) is 0 Å². The van der Waals surface area contributed by atoms with Gasteiger partial charge in [-0.1, -0.05) is 58.7 Å². The Kier molecular flexibility index (Phi) is 5.29. The summed E-state index contributed by atoms with van der Waals surface area (Å²) in [6.45, 7) is 4.64. The average Bonchev–Trinajstić information content (AvgIpc) is 3.07. The number of hydrogen-bond donors (Lipinski definition) is 1. The highest BCUT2D eigenvalue weighted by Gasteiger charge is 2.12. The third-order valence-electron chi connectivity index (χ3n) is 4.13. The smallest absolute Gasteiger partial charge is 0.220 e. The van der Waals surface area contributed by atoms with Crippen LogP contribution in [0.4, 0.5) is 0 Å². The van der Waals surface area contributed by atoms with Gasteiger partial charge in [-0.05, 0) is 31.9 Å². The summed E-state index contributed by atoms with van der Waals surface area (Å²) >= 11 is 0. The Hall–Kier alpha value is -2.88. The lowest BCUT2D eigenvalue weighted by Crippen LogP contribution is -2.23. The van der Waals surface area contributed by atoms with Gasteiger partial charge in [0.15, 0.2) is 0 Å². The highest BCUT2D eigenvalue weighted by Crippen LogP contribution is 2.24. The number of amides is 1. The number of nitrogens with zero attached hydrogens (tertiary/aromatic N) is 1. The van der Waals surface area contributed by atoms with Crippen LogP contribution in [0.15, 0.2) is 59.3 Å². The van der Waals surface area contributed by atoms with Crippen molar-refractivity contribution in [3.63, 3.8) is 0 Å². The summed E-state index contributed by atoms with van der Waals surface area (Å²) in [5.41, 5.74) is 6.26. The van der Waals surface area contributed by atoms with Gasteiger partial charge in [0.2, 0.25) is 5.91 Å². The van der Waals surface area contributed by atoms with Gasteiger partial charge in [-0.3, -0.25) is 4.79 Å². The molecule has 0 spiro atoms. The van der Waals surface area contributed by atoms with Crippen LogP contribution in [0.25, 0.3) is 11.3 Å². The molecule has 1 heterocycles. The number of nitrogens with one attached hydrogen (secondary N) is 1. The highest BCUT2D eigenvalue weighted by atomic mass is 16.5. The van der Waals surface area contributed by atoms with Crippen molar-refractivity contribution < 1.29 is 9.32 Å². The molecule has 2 aromatic carbocycles. The van der Waals surface area contributed by atoms with Gasteiger partial charge in [0.25, 0.3) is 0 Å². The largest absolute Gasteiger partial charge is 0.364 e. The number of carbonyl (C=O) groups excluding carboxylic acids is 1. The Morgan fingerprint density at radius 3 is 2.60 bits per heavy atom. The van der Waals surface area contributed by atoms with Gasteiger partial charge >= 0.3 is 0 Å². The SMILES string of the molecule is Cc1cccc(CNC(=O)CCc2conc2-c2cccc(C)c2)c1. The Balaban J connectivity index is 1.57. The van der Waals surface area contributed by atoms with Crippen LogP contribution in [0.5, 0.6) is 0 Å². The van der Waals surface area contributed by atoms with Crippen LogP contribution in [0.1, 0.15) is 28.7 Å². The van der Waals surface area contributed by atoms with Crippen LogP contribution >= 0.6 is 0 Å². The van der Waals surface area contributed by atoms with E-state index in [0.29, 0.717) is 19.4 Å². The second kappa shape index (κ2) is 7.79. The Morgan fingerprint density at radius 2 is 1.84 bits per heavy atom. The number of rotatable bonds is 6. The molecule has 0 saturated heterocycles. The highest BCUT2D eigenvalue weighted by molar-refractivity contribution is 5.76. The average molecular weight is 334 g/mol. The predicted octanol–water partition coefficient (Wildman–Crippen LogP) is 4.21. The number of aromatic nitrogens is 1. The van der Waals surface area contributed by atoms with Gasteiger partial charge in [-0.2, -0.15) is 0 Å².